The molecule has 0 radical (unpaired) electrons. The number of aryl methyl sites for hydroxylation is 2. The molecule has 34 heavy (non-hydrogen) atoms. The minimum Gasteiger partial charge on any atom is -0.486 e. The zero-order valence-corrected chi connectivity index (χ0v) is 21.2. The average Bonchev–Trinajstić information content (AvgIpc) is 3.44. The number of rotatable bonds is 8. The van der Waals surface area contributed by atoms with Gasteiger partial charge < -0.3 is 14.4 Å². The lowest BCUT2D eigenvalue weighted by Crippen LogP contribution is -2.32. The summed E-state index contributed by atoms with van der Waals surface area (Å²) >= 11 is 3.01. The first-order chi connectivity index (χ1) is 16.6. The fraction of sp³-hybridized carbons (Fsp3) is 0.480. The van der Waals surface area contributed by atoms with E-state index >= 15 is 0 Å². The van der Waals surface area contributed by atoms with Crippen LogP contribution in [0.25, 0.3) is 10.2 Å². The van der Waals surface area contributed by atoms with Gasteiger partial charge in [0.15, 0.2) is 16.7 Å². The molecule has 0 saturated heterocycles. The number of amides is 1. The van der Waals surface area contributed by atoms with Crippen LogP contribution in [0.3, 0.4) is 0 Å². The molecule has 1 aliphatic carbocycles. The topological polar surface area (TPSA) is 73.7 Å². The second-order valence-electron chi connectivity index (χ2n) is 8.56. The van der Waals surface area contributed by atoms with Gasteiger partial charge in [0.25, 0.3) is 5.56 Å². The summed E-state index contributed by atoms with van der Waals surface area (Å²) in [5.74, 6) is 1.74. The maximum atomic E-state index is 13.4. The third kappa shape index (κ3) is 4.43. The quantitative estimate of drug-likeness (QED) is 0.340. The van der Waals surface area contributed by atoms with Crippen molar-refractivity contribution in [2.75, 3.05) is 25.5 Å². The van der Waals surface area contributed by atoms with E-state index in [1.165, 1.54) is 22.2 Å². The van der Waals surface area contributed by atoms with Gasteiger partial charge in [0, 0.05) is 24.5 Å². The fourth-order valence-corrected chi connectivity index (χ4v) is 6.82. The number of hydrogen-bond acceptors (Lipinski definition) is 7. The van der Waals surface area contributed by atoms with Gasteiger partial charge in [0.1, 0.15) is 18.0 Å². The highest BCUT2D eigenvalue weighted by atomic mass is 32.2. The molecule has 7 nitrogen and oxygen atoms in total. The first-order valence-electron chi connectivity index (χ1n) is 11.9. The number of thioether (sulfide) groups is 1. The average molecular weight is 500 g/mol. The Balaban J connectivity index is 1.33. The Labute approximate surface area is 207 Å². The van der Waals surface area contributed by atoms with Gasteiger partial charge >= 0.3 is 0 Å². The van der Waals surface area contributed by atoms with E-state index in [9.17, 15) is 9.59 Å². The third-order valence-corrected chi connectivity index (χ3v) is 8.42. The Bertz CT molecular complexity index is 1280. The molecule has 3 heterocycles. The van der Waals surface area contributed by atoms with E-state index in [4.69, 9.17) is 14.5 Å². The van der Waals surface area contributed by atoms with Gasteiger partial charge in [-0.2, -0.15) is 0 Å². The number of carbonyl (C=O) groups excluding carboxylic acids is 1. The second-order valence-corrected chi connectivity index (χ2v) is 10.6. The van der Waals surface area contributed by atoms with Crippen LogP contribution in [-0.2, 0) is 30.7 Å². The van der Waals surface area contributed by atoms with Crippen LogP contribution in [0.2, 0.25) is 0 Å². The Morgan fingerprint density at radius 2 is 2.03 bits per heavy atom. The molecule has 2 aliphatic rings. The van der Waals surface area contributed by atoms with E-state index < -0.39 is 0 Å². The summed E-state index contributed by atoms with van der Waals surface area (Å²) in [4.78, 5) is 35.3. The Kier molecular flexibility index (Phi) is 6.83. The summed E-state index contributed by atoms with van der Waals surface area (Å²) in [5.41, 5.74) is 2.25. The molecule has 0 unspecified atom stereocenters. The van der Waals surface area contributed by atoms with E-state index in [0.717, 1.165) is 53.0 Å². The molecule has 2 aromatic heterocycles. The molecule has 180 valence electrons. The zero-order chi connectivity index (χ0) is 23.7. The summed E-state index contributed by atoms with van der Waals surface area (Å²) in [6.45, 7) is 6.83. The lowest BCUT2D eigenvalue weighted by atomic mass is 10.2. The normalized spacial score (nSPS) is 14.4. The molecular formula is C25H29N3O4S2. The smallest absolute Gasteiger partial charge is 0.263 e. The number of carbonyl (C=O) groups is 1. The van der Waals surface area contributed by atoms with E-state index in [0.29, 0.717) is 38.0 Å². The zero-order valence-electron chi connectivity index (χ0n) is 19.6. The number of hydrogen-bond donors (Lipinski definition) is 0. The van der Waals surface area contributed by atoms with Crippen molar-refractivity contribution >= 4 is 39.2 Å². The molecule has 0 N–H and O–H groups in total. The molecule has 0 fully saturated rings. The van der Waals surface area contributed by atoms with Crippen LogP contribution in [0.1, 0.15) is 42.7 Å². The van der Waals surface area contributed by atoms with Crippen molar-refractivity contribution in [3.8, 4) is 11.5 Å². The van der Waals surface area contributed by atoms with Crippen LogP contribution in [-0.4, -0.2) is 45.9 Å². The van der Waals surface area contributed by atoms with Crippen molar-refractivity contribution in [1.29, 1.82) is 0 Å². The van der Waals surface area contributed by atoms with Crippen molar-refractivity contribution in [3.05, 3.63) is 44.6 Å². The molecule has 3 aromatic rings. The number of benzene rings is 1. The van der Waals surface area contributed by atoms with Gasteiger partial charge in [-0.25, -0.2) is 4.98 Å². The van der Waals surface area contributed by atoms with Gasteiger partial charge in [-0.1, -0.05) is 24.8 Å². The maximum absolute atomic E-state index is 13.4. The van der Waals surface area contributed by atoms with Crippen molar-refractivity contribution in [2.45, 2.75) is 57.8 Å². The summed E-state index contributed by atoms with van der Waals surface area (Å²) in [6, 6.07) is 5.82. The van der Waals surface area contributed by atoms with E-state index in [-0.39, 0.29) is 17.2 Å². The summed E-state index contributed by atoms with van der Waals surface area (Å²) in [7, 11) is 0. The lowest BCUT2D eigenvalue weighted by molar-refractivity contribution is -0.128. The molecule has 0 saturated carbocycles. The highest BCUT2D eigenvalue weighted by Gasteiger charge is 2.24. The molecular weight excluding hydrogens is 470 g/mol. The standard InChI is InChI=1S/C25H29N3O4S2/c1-3-10-28-24(30)22-17-6-5-7-20(17)34-23(22)26-25(28)33-15-21(29)27(4-2)14-16-8-9-18-19(13-16)32-12-11-31-18/h8-9,13H,3-7,10-12,14-15H2,1-2H3. The predicted molar refractivity (Wildman–Crippen MR) is 135 cm³/mol. The van der Waals surface area contributed by atoms with Gasteiger partial charge in [0.2, 0.25) is 5.91 Å². The van der Waals surface area contributed by atoms with Crippen LogP contribution < -0.4 is 15.0 Å². The minimum absolute atomic E-state index is 0.0217. The molecule has 9 heteroatoms. The summed E-state index contributed by atoms with van der Waals surface area (Å²) < 4.78 is 13.0. The van der Waals surface area contributed by atoms with Crippen LogP contribution in [0.5, 0.6) is 11.5 Å². The first kappa shape index (κ1) is 23.2. The van der Waals surface area contributed by atoms with Gasteiger partial charge in [-0.15, -0.1) is 11.3 Å². The Morgan fingerprint density at radius 3 is 2.82 bits per heavy atom. The lowest BCUT2D eigenvalue weighted by Gasteiger charge is -2.23. The SMILES string of the molecule is CCCn1c(SCC(=O)N(CC)Cc2ccc3c(c2)OCCO3)nc2sc3c(c2c1=O)CCC3. The van der Waals surface area contributed by atoms with Crippen molar-refractivity contribution in [1.82, 2.24) is 14.5 Å². The first-order valence-corrected chi connectivity index (χ1v) is 13.7. The number of ether oxygens (including phenoxy) is 2. The Hall–Kier alpha value is -2.52. The number of nitrogens with zero attached hydrogens (tertiary/aromatic N) is 3. The van der Waals surface area contributed by atoms with E-state index in [1.807, 2.05) is 30.0 Å². The molecule has 0 spiro atoms. The molecule has 1 amide bonds. The Morgan fingerprint density at radius 1 is 1.21 bits per heavy atom. The summed E-state index contributed by atoms with van der Waals surface area (Å²) in [6.07, 6.45) is 3.96. The highest BCUT2D eigenvalue weighted by molar-refractivity contribution is 7.99. The number of thiophene rings is 1. The van der Waals surface area contributed by atoms with Crippen LogP contribution >= 0.6 is 23.1 Å². The monoisotopic (exact) mass is 499 g/mol. The molecule has 1 aromatic carbocycles. The fourth-order valence-electron chi connectivity index (χ4n) is 4.59. The summed E-state index contributed by atoms with van der Waals surface area (Å²) in [5, 5.41) is 1.44. The highest BCUT2D eigenvalue weighted by Crippen LogP contribution is 2.36. The number of aromatic nitrogens is 2. The van der Waals surface area contributed by atoms with Crippen molar-refractivity contribution in [2.24, 2.45) is 0 Å². The van der Waals surface area contributed by atoms with Crippen LogP contribution in [0, 0.1) is 0 Å². The third-order valence-electron chi connectivity index (χ3n) is 6.28. The molecule has 1 aliphatic heterocycles. The van der Waals surface area contributed by atoms with Gasteiger partial charge in [0.05, 0.1) is 11.1 Å². The van der Waals surface area contributed by atoms with E-state index in [2.05, 4.69) is 6.92 Å². The van der Waals surface area contributed by atoms with E-state index in [1.54, 1.807) is 15.9 Å². The molecule has 0 atom stereocenters. The second kappa shape index (κ2) is 10.00. The van der Waals surface area contributed by atoms with Crippen LogP contribution in [0.15, 0.2) is 28.2 Å². The predicted octanol–water partition coefficient (Wildman–Crippen LogP) is 4.27. The largest absolute Gasteiger partial charge is 0.486 e. The van der Waals surface area contributed by atoms with Crippen molar-refractivity contribution < 1.29 is 14.3 Å². The minimum atomic E-state index is 0.0217. The van der Waals surface area contributed by atoms with Crippen LogP contribution in [0.4, 0.5) is 0 Å². The van der Waals surface area contributed by atoms with Crippen molar-refractivity contribution in [3.63, 3.8) is 0 Å². The number of fused-ring (bicyclic) bond motifs is 4. The molecule has 5 rings (SSSR count). The van der Waals surface area contributed by atoms with Gasteiger partial charge in [-0.05, 0) is 55.9 Å². The molecule has 0 bridgehead atoms. The van der Waals surface area contributed by atoms with Gasteiger partial charge in [-0.3, -0.25) is 14.2 Å². The maximum Gasteiger partial charge on any atom is 0.263 e.